The molecule has 0 fully saturated rings. The zero-order valence-corrected chi connectivity index (χ0v) is 15.4. The van der Waals surface area contributed by atoms with Crippen LogP contribution in [-0.2, 0) is 4.79 Å². The van der Waals surface area contributed by atoms with Gasteiger partial charge in [0.25, 0.3) is 0 Å². The van der Waals surface area contributed by atoms with Crippen LogP contribution < -0.4 is 9.64 Å². The predicted molar refractivity (Wildman–Crippen MR) is 103 cm³/mol. The van der Waals surface area contributed by atoms with E-state index >= 15 is 0 Å². The lowest BCUT2D eigenvalue weighted by Gasteiger charge is -2.17. The lowest BCUT2D eigenvalue weighted by Crippen LogP contribution is -2.26. The number of carbonyl (C=O) groups is 1. The molecule has 2 aromatic heterocycles. The zero-order chi connectivity index (χ0) is 18.0. The molecule has 0 saturated heterocycles. The van der Waals surface area contributed by atoms with E-state index in [1.807, 2.05) is 51.1 Å². The first-order valence-corrected chi connectivity index (χ1v) is 8.65. The summed E-state index contributed by atoms with van der Waals surface area (Å²) >= 11 is 1.56. The van der Waals surface area contributed by atoms with Crippen molar-refractivity contribution in [1.29, 1.82) is 0 Å². The molecule has 0 unspecified atom stereocenters. The van der Waals surface area contributed by atoms with E-state index in [0.29, 0.717) is 5.84 Å². The first-order valence-electron chi connectivity index (χ1n) is 7.83. The molecule has 0 spiro atoms. The van der Waals surface area contributed by atoms with Crippen molar-refractivity contribution in [3.8, 4) is 5.75 Å². The molecule has 0 aliphatic carbocycles. The minimum Gasteiger partial charge on any atom is -0.496 e. The molecule has 5 nitrogen and oxygen atoms in total. The number of thiophene rings is 1. The van der Waals surface area contributed by atoms with Gasteiger partial charge in [-0.15, -0.1) is 11.3 Å². The van der Waals surface area contributed by atoms with Crippen molar-refractivity contribution in [2.24, 2.45) is 4.99 Å². The van der Waals surface area contributed by atoms with Crippen LogP contribution in [0.3, 0.4) is 0 Å². The Morgan fingerprint density at radius 3 is 2.60 bits per heavy atom. The molecule has 1 aromatic carbocycles. The number of rotatable bonds is 4. The number of hydrogen-bond acceptors (Lipinski definition) is 5. The SMILES string of the molecule is COc1ccnc2sc(C)c(N=C(C)N(C=O)c3ccc(C)cc3)c12. The Kier molecular flexibility index (Phi) is 4.81. The number of aliphatic imine (C=N–C) groups is 1. The van der Waals surface area contributed by atoms with Crippen molar-refractivity contribution >= 4 is 45.2 Å². The first-order chi connectivity index (χ1) is 12.0. The molecule has 1 amide bonds. The number of aryl methyl sites for hydroxylation is 2. The highest BCUT2D eigenvalue weighted by atomic mass is 32.1. The molecular formula is C19H19N3O2S. The fourth-order valence-corrected chi connectivity index (χ4v) is 3.59. The van der Waals surface area contributed by atoms with Crippen LogP contribution in [0.1, 0.15) is 17.4 Å². The maximum absolute atomic E-state index is 11.6. The zero-order valence-electron chi connectivity index (χ0n) is 14.6. The highest BCUT2D eigenvalue weighted by molar-refractivity contribution is 7.19. The van der Waals surface area contributed by atoms with Crippen molar-refractivity contribution in [3.63, 3.8) is 0 Å². The third-order valence-corrected chi connectivity index (χ3v) is 4.96. The number of methoxy groups -OCH3 is 1. The van der Waals surface area contributed by atoms with Gasteiger partial charge in [-0.1, -0.05) is 17.7 Å². The van der Waals surface area contributed by atoms with E-state index in [4.69, 9.17) is 9.73 Å². The Labute approximate surface area is 150 Å². The monoisotopic (exact) mass is 353 g/mol. The normalized spacial score (nSPS) is 11.6. The summed E-state index contributed by atoms with van der Waals surface area (Å²) in [7, 11) is 1.63. The van der Waals surface area contributed by atoms with Crippen molar-refractivity contribution in [3.05, 3.63) is 47.0 Å². The van der Waals surface area contributed by atoms with E-state index in [-0.39, 0.29) is 0 Å². The number of amides is 1. The van der Waals surface area contributed by atoms with Crippen molar-refractivity contribution < 1.29 is 9.53 Å². The molecule has 3 rings (SSSR count). The summed E-state index contributed by atoms with van der Waals surface area (Å²) in [5, 5.41) is 0.876. The van der Waals surface area contributed by atoms with Crippen LogP contribution in [0, 0.1) is 13.8 Å². The number of ether oxygens (including phenoxy) is 1. The summed E-state index contributed by atoms with van der Waals surface area (Å²) in [6.07, 6.45) is 2.50. The lowest BCUT2D eigenvalue weighted by atomic mass is 10.2. The number of nitrogens with zero attached hydrogens (tertiary/aromatic N) is 3. The summed E-state index contributed by atoms with van der Waals surface area (Å²) in [6.45, 7) is 5.82. The number of pyridine rings is 1. The first kappa shape index (κ1) is 17.1. The number of fused-ring (bicyclic) bond motifs is 1. The number of carbonyl (C=O) groups excluding carboxylic acids is 1. The van der Waals surface area contributed by atoms with E-state index in [1.54, 1.807) is 24.6 Å². The summed E-state index contributed by atoms with van der Waals surface area (Å²) in [4.78, 5) is 24.2. The Morgan fingerprint density at radius 1 is 1.24 bits per heavy atom. The molecular weight excluding hydrogens is 334 g/mol. The topological polar surface area (TPSA) is 54.8 Å². The fourth-order valence-electron chi connectivity index (χ4n) is 2.64. The van der Waals surface area contributed by atoms with E-state index in [1.165, 1.54) is 4.90 Å². The largest absolute Gasteiger partial charge is 0.496 e. The third-order valence-electron chi connectivity index (χ3n) is 3.96. The summed E-state index contributed by atoms with van der Waals surface area (Å²) in [6, 6.07) is 9.57. The molecule has 2 heterocycles. The summed E-state index contributed by atoms with van der Waals surface area (Å²) in [5.41, 5.74) is 2.71. The van der Waals surface area contributed by atoms with Crippen molar-refractivity contribution in [2.45, 2.75) is 20.8 Å². The second-order valence-corrected chi connectivity index (χ2v) is 6.87. The standard InChI is InChI=1S/C19H19N3O2S/c1-12-5-7-15(8-6-12)22(11-23)14(3)21-18-13(2)25-19-17(18)16(24-4)9-10-20-19/h5-11H,1-4H3. The van der Waals surface area contributed by atoms with Crippen LogP contribution in [0.2, 0.25) is 0 Å². The molecule has 0 aliphatic rings. The number of hydrogen-bond donors (Lipinski definition) is 0. The minimum atomic E-state index is 0.590. The number of amidine groups is 1. The maximum Gasteiger partial charge on any atom is 0.219 e. The summed E-state index contributed by atoms with van der Waals surface area (Å²) < 4.78 is 5.46. The number of benzene rings is 1. The Bertz CT molecular complexity index is 945. The quantitative estimate of drug-likeness (QED) is 0.390. The molecule has 0 saturated carbocycles. The van der Waals surface area contributed by atoms with Gasteiger partial charge in [-0.2, -0.15) is 0 Å². The molecule has 0 radical (unpaired) electrons. The second-order valence-electron chi connectivity index (χ2n) is 5.67. The van der Waals surface area contributed by atoms with Crippen molar-refractivity contribution in [1.82, 2.24) is 4.98 Å². The fraction of sp³-hybridized carbons (Fsp3) is 0.211. The molecule has 0 N–H and O–H groups in total. The molecule has 3 aromatic rings. The van der Waals surface area contributed by atoms with Gasteiger partial charge in [0.05, 0.1) is 18.2 Å². The predicted octanol–water partition coefficient (Wildman–Crippen LogP) is 4.63. The van der Waals surface area contributed by atoms with E-state index in [9.17, 15) is 4.79 Å². The minimum absolute atomic E-state index is 0.590. The Hall–Kier alpha value is -2.73. The molecule has 0 atom stereocenters. The van der Waals surface area contributed by atoms with Gasteiger partial charge in [-0.25, -0.2) is 9.98 Å². The molecule has 25 heavy (non-hydrogen) atoms. The van der Waals surface area contributed by atoms with Crippen LogP contribution in [0.25, 0.3) is 10.2 Å². The number of anilines is 1. The third kappa shape index (κ3) is 3.25. The Balaban J connectivity index is 2.10. The van der Waals surface area contributed by atoms with Crippen LogP contribution in [0.5, 0.6) is 5.75 Å². The van der Waals surface area contributed by atoms with Crippen LogP contribution in [0.15, 0.2) is 41.5 Å². The second kappa shape index (κ2) is 7.03. The van der Waals surface area contributed by atoms with Gasteiger partial charge < -0.3 is 4.74 Å². The van der Waals surface area contributed by atoms with E-state index < -0.39 is 0 Å². The van der Waals surface area contributed by atoms with Crippen molar-refractivity contribution in [2.75, 3.05) is 12.0 Å². The van der Waals surface area contributed by atoms with Gasteiger partial charge in [-0.05, 0) is 39.0 Å². The molecule has 0 bridgehead atoms. The average molecular weight is 353 g/mol. The van der Waals surface area contributed by atoms with E-state index in [2.05, 4.69) is 4.98 Å². The highest BCUT2D eigenvalue weighted by Gasteiger charge is 2.16. The van der Waals surface area contributed by atoms with E-state index in [0.717, 1.165) is 44.2 Å². The molecule has 128 valence electrons. The summed E-state index contributed by atoms with van der Waals surface area (Å²) in [5.74, 6) is 1.32. The van der Waals surface area contributed by atoms with Crippen LogP contribution in [-0.4, -0.2) is 24.3 Å². The smallest absolute Gasteiger partial charge is 0.219 e. The van der Waals surface area contributed by atoms with Gasteiger partial charge in [0.15, 0.2) is 0 Å². The lowest BCUT2D eigenvalue weighted by molar-refractivity contribution is -0.106. The van der Waals surface area contributed by atoms with Gasteiger partial charge in [-0.3, -0.25) is 9.69 Å². The molecule has 6 heteroatoms. The van der Waals surface area contributed by atoms with Gasteiger partial charge in [0.2, 0.25) is 6.41 Å². The molecule has 0 aliphatic heterocycles. The number of aromatic nitrogens is 1. The van der Waals surface area contributed by atoms with Crippen LogP contribution in [0.4, 0.5) is 11.4 Å². The van der Waals surface area contributed by atoms with Gasteiger partial charge in [0, 0.05) is 16.8 Å². The average Bonchev–Trinajstić information content (AvgIpc) is 2.93. The highest BCUT2D eigenvalue weighted by Crippen LogP contribution is 2.41. The van der Waals surface area contributed by atoms with Gasteiger partial charge >= 0.3 is 0 Å². The Morgan fingerprint density at radius 2 is 1.96 bits per heavy atom. The van der Waals surface area contributed by atoms with Crippen LogP contribution >= 0.6 is 11.3 Å². The van der Waals surface area contributed by atoms with Gasteiger partial charge in [0.1, 0.15) is 16.4 Å². The maximum atomic E-state index is 11.6.